The summed E-state index contributed by atoms with van der Waals surface area (Å²) < 4.78 is 5.81. The van der Waals surface area contributed by atoms with Crippen LogP contribution in [0.15, 0.2) is 41.0 Å². The lowest BCUT2D eigenvalue weighted by molar-refractivity contribution is -0.689. The Balaban J connectivity index is 1.31. The molecule has 0 spiro atoms. The van der Waals surface area contributed by atoms with Crippen LogP contribution in [0.5, 0.6) is 0 Å². The molecule has 2 unspecified atom stereocenters. The van der Waals surface area contributed by atoms with Gasteiger partial charge < -0.3 is 36.3 Å². The number of rotatable bonds is 10. The molecule has 2 saturated heterocycles. The van der Waals surface area contributed by atoms with Gasteiger partial charge in [0, 0.05) is 66.9 Å². The number of pyridine rings is 1. The van der Waals surface area contributed by atoms with E-state index in [1.54, 1.807) is 0 Å². The fourth-order valence-corrected chi connectivity index (χ4v) is 6.41. The van der Waals surface area contributed by atoms with Crippen LogP contribution in [0.4, 0.5) is 10.8 Å². The quantitative estimate of drug-likeness (QED) is 0.0905. The molecule has 0 aliphatic carbocycles. The third-order valence-electron chi connectivity index (χ3n) is 7.01. The number of piperazine rings is 1. The van der Waals surface area contributed by atoms with Gasteiger partial charge in [-0.05, 0) is 13.8 Å². The first-order chi connectivity index (χ1) is 20.5. The summed E-state index contributed by atoms with van der Waals surface area (Å²) in [5, 5.41) is 28.3. The molecule has 2 aromatic rings. The molecule has 2 amide bonds. The average Bonchev–Trinajstić information content (AvgIpc) is 3.41. The molecular formula is C25H30N9O7S2+. The highest BCUT2D eigenvalue weighted by Gasteiger charge is 2.55. The number of fused-ring (bicyclic) bond motifs is 1. The Kier molecular flexibility index (Phi) is 8.52. The standard InChI is InChI=1S/C25H29N9O7S2/c1-25(2,23(39)40)41-30-15(18-29-24(26)43-31-18)19(35)28-16-20(36)34-17(22(37)38)13(12-42-21(16)34)11-32-7-3-14(4-8-32)33-9-5-27-6-10-33/h3-4,7-8,16,21,27H,5-6,9-12H2,1-2H3,(H4-,26,28,29,31,35,37,38,39,40)/p+1/b30-15-. The van der Waals surface area contributed by atoms with Crippen molar-refractivity contribution in [2.24, 2.45) is 5.16 Å². The van der Waals surface area contributed by atoms with E-state index in [1.165, 1.54) is 30.5 Å². The van der Waals surface area contributed by atoms with Gasteiger partial charge in [-0.3, -0.25) is 14.5 Å². The predicted molar refractivity (Wildman–Crippen MR) is 155 cm³/mol. The molecule has 2 aromatic heterocycles. The van der Waals surface area contributed by atoms with Crippen molar-refractivity contribution in [2.75, 3.05) is 42.6 Å². The van der Waals surface area contributed by atoms with Crippen molar-refractivity contribution in [3.63, 3.8) is 0 Å². The predicted octanol–water partition coefficient (Wildman–Crippen LogP) is -1.16. The summed E-state index contributed by atoms with van der Waals surface area (Å²) in [6.07, 6.45) is 3.77. The third-order valence-corrected chi connectivity index (χ3v) is 8.90. The number of hydrogen-bond acceptors (Lipinski definition) is 13. The van der Waals surface area contributed by atoms with Crippen molar-refractivity contribution in [1.29, 1.82) is 0 Å². The second-order valence-electron chi connectivity index (χ2n) is 10.4. The Morgan fingerprint density at radius 3 is 2.56 bits per heavy atom. The number of carbonyl (C=O) groups is 4. The fraction of sp³-hybridized carbons (Fsp3) is 0.440. The number of amides is 2. The number of anilines is 2. The minimum atomic E-state index is -1.78. The van der Waals surface area contributed by atoms with Crippen LogP contribution >= 0.6 is 23.3 Å². The molecule has 6 N–H and O–H groups in total. The van der Waals surface area contributed by atoms with Gasteiger partial charge in [-0.2, -0.15) is 9.36 Å². The van der Waals surface area contributed by atoms with Gasteiger partial charge in [0.1, 0.15) is 17.1 Å². The molecule has 5 heterocycles. The lowest BCUT2D eigenvalue weighted by Crippen LogP contribution is -2.71. The monoisotopic (exact) mass is 632 g/mol. The zero-order valence-corrected chi connectivity index (χ0v) is 24.9. The van der Waals surface area contributed by atoms with Crippen LogP contribution in [0.2, 0.25) is 0 Å². The smallest absolute Gasteiger partial charge is 0.352 e. The minimum Gasteiger partial charge on any atom is -0.478 e. The topological polar surface area (TPSA) is 217 Å². The van der Waals surface area contributed by atoms with Crippen LogP contribution in [0, 0.1) is 0 Å². The first-order valence-corrected chi connectivity index (χ1v) is 15.0. The molecule has 43 heavy (non-hydrogen) atoms. The number of nitrogens with zero attached hydrogens (tertiary/aromatic N) is 6. The summed E-state index contributed by atoms with van der Waals surface area (Å²) in [7, 11) is 0. The maximum absolute atomic E-state index is 13.2. The molecule has 2 atom stereocenters. The number of carbonyl (C=O) groups excluding carboxylic acids is 2. The fourth-order valence-electron chi connectivity index (χ4n) is 4.64. The molecule has 2 fully saturated rings. The summed E-state index contributed by atoms with van der Waals surface area (Å²) in [4.78, 5) is 62.6. The van der Waals surface area contributed by atoms with Crippen molar-refractivity contribution in [3.8, 4) is 0 Å². The van der Waals surface area contributed by atoms with Crippen LogP contribution < -0.4 is 25.8 Å². The third kappa shape index (κ3) is 6.25. The molecular weight excluding hydrogens is 602 g/mol. The lowest BCUT2D eigenvalue weighted by Gasteiger charge is -2.49. The number of aliphatic carboxylic acids is 2. The number of oxime groups is 1. The van der Waals surface area contributed by atoms with Gasteiger partial charge in [0.25, 0.3) is 11.8 Å². The molecule has 0 aromatic carbocycles. The molecule has 18 heteroatoms. The van der Waals surface area contributed by atoms with E-state index in [1.807, 2.05) is 29.1 Å². The van der Waals surface area contributed by atoms with Crippen molar-refractivity contribution >= 4 is 63.6 Å². The molecule has 5 rings (SSSR count). The van der Waals surface area contributed by atoms with Gasteiger partial charge >= 0.3 is 11.9 Å². The number of carboxylic acid groups (broad SMARTS) is 2. The molecule has 3 aliphatic heterocycles. The zero-order chi connectivity index (χ0) is 30.9. The van der Waals surface area contributed by atoms with Crippen LogP contribution in [-0.4, -0.2) is 103 Å². The average molecular weight is 633 g/mol. The van der Waals surface area contributed by atoms with Gasteiger partial charge in [-0.15, -0.1) is 11.8 Å². The largest absolute Gasteiger partial charge is 0.478 e. The second-order valence-corrected chi connectivity index (χ2v) is 12.3. The highest BCUT2D eigenvalue weighted by atomic mass is 32.2. The van der Waals surface area contributed by atoms with Crippen molar-refractivity contribution < 1.29 is 38.8 Å². The first-order valence-electron chi connectivity index (χ1n) is 13.2. The number of β-lactam (4-membered cyclic amide) rings is 1. The van der Waals surface area contributed by atoms with Gasteiger partial charge in [0.15, 0.2) is 24.1 Å². The SMILES string of the molecule is CC(C)(O/N=C(\C(=O)NC1C(=O)N2C(C(=O)O)=C(C[n+]3ccc(N4CCNCC4)cc3)CSC12)c1nsc(N)n1)C(=O)O. The summed E-state index contributed by atoms with van der Waals surface area (Å²) in [6.45, 7) is 6.37. The Morgan fingerprint density at radius 1 is 1.26 bits per heavy atom. The van der Waals surface area contributed by atoms with E-state index in [0.29, 0.717) is 11.3 Å². The summed E-state index contributed by atoms with van der Waals surface area (Å²) in [5.41, 5.74) is 4.89. The van der Waals surface area contributed by atoms with Crippen molar-refractivity contribution in [3.05, 3.63) is 41.6 Å². The molecule has 0 radical (unpaired) electrons. The maximum Gasteiger partial charge on any atom is 0.352 e. The summed E-state index contributed by atoms with van der Waals surface area (Å²) >= 11 is 2.10. The van der Waals surface area contributed by atoms with Gasteiger partial charge in [0.05, 0.1) is 0 Å². The number of carboxylic acids is 2. The van der Waals surface area contributed by atoms with E-state index in [0.717, 1.165) is 43.4 Å². The van der Waals surface area contributed by atoms with E-state index < -0.39 is 46.5 Å². The number of nitrogen functional groups attached to an aromatic ring is 1. The van der Waals surface area contributed by atoms with Gasteiger partial charge in [0.2, 0.25) is 17.1 Å². The lowest BCUT2D eigenvalue weighted by atomic mass is 10.0. The number of thioether (sulfide) groups is 1. The number of nitrogens with two attached hydrogens (primary N) is 1. The van der Waals surface area contributed by atoms with E-state index >= 15 is 0 Å². The van der Waals surface area contributed by atoms with Gasteiger partial charge in [-0.1, -0.05) is 5.16 Å². The second kappa shape index (κ2) is 12.1. The first kappa shape index (κ1) is 30.2. The molecule has 3 aliphatic rings. The minimum absolute atomic E-state index is 0.0294. The highest BCUT2D eigenvalue weighted by molar-refractivity contribution is 8.00. The van der Waals surface area contributed by atoms with Crippen LogP contribution in [0.25, 0.3) is 0 Å². The van der Waals surface area contributed by atoms with E-state index in [4.69, 9.17) is 10.6 Å². The van der Waals surface area contributed by atoms with E-state index in [9.17, 15) is 29.4 Å². The van der Waals surface area contributed by atoms with E-state index in [-0.39, 0.29) is 23.2 Å². The number of aromatic nitrogens is 3. The van der Waals surface area contributed by atoms with Crippen LogP contribution in [0.3, 0.4) is 0 Å². The zero-order valence-electron chi connectivity index (χ0n) is 23.2. The number of hydrogen-bond donors (Lipinski definition) is 5. The molecule has 0 saturated carbocycles. The summed E-state index contributed by atoms with van der Waals surface area (Å²) in [5.74, 6) is -4.00. The van der Waals surface area contributed by atoms with Gasteiger partial charge in [-0.25, -0.2) is 14.2 Å². The van der Waals surface area contributed by atoms with Crippen molar-refractivity contribution in [2.45, 2.75) is 37.4 Å². The summed E-state index contributed by atoms with van der Waals surface area (Å²) in [6, 6.07) is 2.89. The Morgan fingerprint density at radius 2 is 1.95 bits per heavy atom. The van der Waals surface area contributed by atoms with Crippen molar-refractivity contribution in [1.82, 2.24) is 24.9 Å². The maximum atomic E-state index is 13.2. The Bertz CT molecular complexity index is 1500. The molecule has 0 bridgehead atoms. The Labute approximate surface area is 253 Å². The number of nitrogens with one attached hydrogen (secondary N) is 2. The van der Waals surface area contributed by atoms with Crippen LogP contribution in [-0.2, 0) is 30.6 Å². The highest BCUT2D eigenvalue weighted by Crippen LogP contribution is 2.40. The normalized spacial score (nSPS) is 20.8. The van der Waals surface area contributed by atoms with Crippen LogP contribution in [0.1, 0.15) is 19.7 Å². The Hall–Kier alpha value is -4.29. The molecule has 228 valence electrons. The molecule has 16 nitrogen and oxygen atoms in total. The van der Waals surface area contributed by atoms with E-state index in [2.05, 4.69) is 30.0 Å².